The maximum Gasteiger partial charge on any atom is 0.225 e. The molecule has 0 radical (unpaired) electrons. The number of aryl methyl sites for hydroxylation is 1. The third kappa shape index (κ3) is 4.97. The molecule has 0 fully saturated rings. The first kappa shape index (κ1) is 16.8. The van der Waals surface area contributed by atoms with Gasteiger partial charge < -0.3 is 10.6 Å². The molecule has 0 saturated carbocycles. The summed E-state index contributed by atoms with van der Waals surface area (Å²) in [4.78, 5) is 12.8. The number of hydrogen-bond donors (Lipinski definition) is 2. The Bertz CT molecular complexity index is 823. The van der Waals surface area contributed by atoms with Gasteiger partial charge in [-0.3, -0.25) is 4.98 Å². The number of anilines is 2. The average molecular weight is 337 g/mol. The van der Waals surface area contributed by atoms with E-state index in [4.69, 9.17) is 0 Å². The fraction of sp³-hybridized carbons (Fsp3) is 0.211. The summed E-state index contributed by atoms with van der Waals surface area (Å²) >= 11 is 0. The van der Waals surface area contributed by atoms with Gasteiger partial charge in [-0.25, -0.2) is 9.37 Å². The van der Waals surface area contributed by atoms with Crippen molar-refractivity contribution in [1.82, 2.24) is 15.0 Å². The van der Waals surface area contributed by atoms with E-state index in [-0.39, 0.29) is 5.82 Å². The number of rotatable bonds is 7. The molecule has 2 heterocycles. The lowest BCUT2D eigenvalue weighted by Gasteiger charge is -2.10. The van der Waals surface area contributed by atoms with Crippen molar-refractivity contribution in [2.75, 3.05) is 17.2 Å². The number of nitrogens with zero attached hydrogens (tertiary/aromatic N) is 3. The number of aromatic nitrogens is 3. The van der Waals surface area contributed by atoms with Gasteiger partial charge in [0.15, 0.2) is 0 Å². The Balaban J connectivity index is 1.58. The summed E-state index contributed by atoms with van der Waals surface area (Å²) in [6.45, 7) is 3.14. The summed E-state index contributed by atoms with van der Waals surface area (Å²) < 4.78 is 13.6. The molecule has 3 rings (SSSR count). The first-order valence-corrected chi connectivity index (χ1v) is 8.16. The van der Waals surface area contributed by atoms with Crippen LogP contribution in [0.15, 0.2) is 54.9 Å². The van der Waals surface area contributed by atoms with Gasteiger partial charge in [-0.1, -0.05) is 18.2 Å². The molecule has 128 valence electrons. The Morgan fingerprint density at radius 1 is 1.00 bits per heavy atom. The van der Waals surface area contributed by atoms with E-state index in [1.807, 2.05) is 31.2 Å². The number of pyridine rings is 1. The Kier molecular flexibility index (Phi) is 5.51. The molecular formula is C19H20FN5. The van der Waals surface area contributed by atoms with Crippen molar-refractivity contribution in [1.29, 1.82) is 0 Å². The van der Waals surface area contributed by atoms with E-state index >= 15 is 0 Å². The Morgan fingerprint density at radius 2 is 1.80 bits per heavy atom. The Labute approximate surface area is 146 Å². The fourth-order valence-electron chi connectivity index (χ4n) is 2.45. The molecule has 0 spiro atoms. The van der Waals surface area contributed by atoms with Crippen LogP contribution in [0.25, 0.3) is 0 Å². The molecule has 2 aromatic heterocycles. The van der Waals surface area contributed by atoms with Gasteiger partial charge in [0.25, 0.3) is 0 Å². The predicted molar refractivity (Wildman–Crippen MR) is 96.9 cm³/mol. The van der Waals surface area contributed by atoms with E-state index < -0.39 is 0 Å². The summed E-state index contributed by atoms with van der Waals surface area (Å²) in [5, 5.41) is 6.44. The van der Waals surface area contributed by atoms with E-state index in [0.717, 1.165) is 17.1 Å². The summed E-state index contributed by atoms with van der Waals surface area (Å²) in [6, 6.07) is 12.6. The third-order valence-electron chi connectivity index (χ3n) is 3.71. The van der Waals surface area contributed by atoms with E-state index in [1.165, 1.54) is 6.07 Å². The van der Waals surface area contributed by atoms with Crippen molar-refractivity contribution < 1.29 is 4.39 Å². The highest BCUT2D eigenvalue weighted by molar-refractivity contribution is 5.42. The van der Waals surface area contributed by atoms with E-state index in [0.29, 0.717) is 31.0 Å². The second-order valence-electron chi connectivity index (χ2n) is 5.70. The minimum atomic E-state index is -0.178. The molecule has 25 heavy (non-hydrogen) atoms. The van der Waals surface area contributed by atoms with Gasteiger partial charge in [0.2, 0.25) is 5.95 Å². The first-order chi connectivity index (χ1) is 12.2. The van der Waals surface area contributed by atoms with Crippen LogP contribution in [-0.4, -0.2) is 21.5 Å². The molecule has 5 nitrogen and oxygen atoms in total. The van der Waals surface area contributed by atoms with E-state index in [2.05, 4.69) is 25.6 Å². The monoisotopic (exact) mass is 337 g/mol. The van der Waals surface area contributed by atoms with Gasteiger partial charge >= 0.3 is 0 Å². The van der Waals surface area contributed by atoms with Gasteiger partial charge in [-0.15, -0.1) is 0 Å². The molecule has 0 saturated heterocycles. The Morgan fingerprint density at radius 3 is 2.60 bits per heavy atom. The number of nitrogens with one attached hydrogen (secondary N) is 2. The van der Waals surface area contributed by atoms with Crippen LogP contribution in [0.2, 0.25) is 0 Å². The summed E-state index contributed by atoms with van der Waals surface area (Å²) in [5.74, 6) is 1.11. The van der Waals surface area contributed by atoms with Crippen molar-refractivity contribution >= 4 is 11.8 Å². The van der Waals surface area contributed by atoms with Gasteiger partial charge in [-0.2, -0.15) is 4.98 Å². The number of halogens is 1. The van der Waals surface area contributed by atoms with Crippen LogP contribution in [-0.2, 0) is 13.0 Å². The normalized spacial score (nSPS) is 10.5. The molecule has 2 N–H and O–H groups in total. The smallest absolute Gasteiger partial charge is 0.225 e. The Hall–Kier alpha value is -3.02. The fourth-order valence-corrected chi connectivity index (χ4v) is 2.45. The summed E-state index contributed by atoms with van der Waals surface area (Å²) in [7, 11) is 0. The zero-order valence-electron chi connectivity index (χ0n) is 14.0. The molecule has 0 aliphatic rings. The highest BCUT2D eigenvalue weighted by atomic mass is 19.1. The maximum atomic E-state index is 13.6. The van der Waals surface area contributed by atoms with Crippen LogP contribution in [0.1, 0.15) is 16.8 Å². The van der Waals surface area contributed by atoms with Crippen molar-refractivity contribution in [2.45, 2.75) is 19.9 Å². The van der Waals surface area contributed by atoms with Crippen LogP contribution in [0, 0.1) is 12.7 Å². The second kappa shape index (κ2) is 8.19. The zero-order chi connectivity index (χ0) is 17.5. The van der Waals surface area contributed by atoms with Crippen molar-refractivity contribution in [3.8, 4) is 0 Å². The lowest BCUT2D eigenvalue weighted by molar-refractivity contribution is 0.610. The summed E-state index contributed by atoms with van der Waals surface area (Å²) in [6.07, 6.45) is 4.10. The van der Waals surface area contributed by atoms with Gasteiger partial charge in [0.05, 0.1) is 0 Å². The molecule has 0 atom stereocenters. The predicted octanol–water partition coefficient (Wildman–Crippen LogP) is 3.59. The van der Waals surface area contributed by atoms with Crippen LogP contribution in [0.5, 0.6) is 0 Å². The molecule has 0 amide bonds. The van der Waals surface area contributed by atoms with Gasteiger partial charge in [0, 0.05) is 37.2 Å². The SMILES string of the molecule is Cc1cc(NCCc2ccccc2F)nc(NCc2ccncc2)n1. The largest absolute Gasteiger partial charge is 0.370 e. The quantitative estimate of drug-likeness (QED) is 0.690. The van der Waals surface area contributed by atoms with Crippen LogP contribution >= 0.6 is 0 Å². The second-order valence-corrected chi connectivity index (χ2v) is 5.70. The molecular weight excluding hydrogens is 317 g/mol. The number of benzene rings is 1. The molecule has 0 aliphatic heterocycles. The molecule has 3 aromatic rings. The number of hydrogen-bond acceptors (Lipinski definition) is 5. The lowest BCUT2D eigenvalue weighted by Crippen LogP contribution is -2.10. The minimum absolute atomic E-state index is 0.178. The van der Waals surface area contributed by atoms with Crippen LogP contribution in [0.3, 0.4) is 0 Å². The highest BCUT2D eigenvalue weighted by Gasteiger charge is 2.04. The molecule has 6 heteroatoms. The topological polar surface area (TPSA) is 62.7 Å². The first-order valence-electron chi connectivity index (χ1n) is 8.16. The third-order valence-corrected chi connectivity index (χ3v) is 3.71. The molecule has 1 aromatic carbocycles. The molecule has 0 unspecified atom stereocenters. The van der Waals surface area contributed by atoms with E-state index in [1.54, 1.807) is 24.5 Å². The molecule has 0 bridgehead atoms. The van der Waals surface area contributed by atoms with Gasteiger partial charge in [0.1, 0.15) is 11.6 Å². The van der Waals surface area contributed by atoms with Crippen molar-refractivity contribution in [3.63, 3.8) is 0 Å². The lowest BCUT2D eigenvalue weighted by atomic mass is 10.1. The van der Waals surface area contributed by atoms with E-state index in [9.17, 15) is 4.39 Å². The van der Waals surface area contributed by atoms with Crippen LogP contribution in [0.4, 0.5) is 16.2 Å². The average Bonchev–Trinajstić information content (AvgIpc) is 2.62. The maximum absolute atomic E-state index is 13.6. The van der Waals surface area contributed by atoms with Crippen molar-refractivity contribution in [2.24, 2.45) is 0 Å². The molecule has 0 aliphatic carbocycles. The summed E-state index contributed by atoms with van der Waals surface area (Å²) in [5.41, 5.74) is 2.66. The van der Waals surface area contributed by atoms with Crippen molar-refractivity contribution in [3.05, 3.63) is 77.5 Å². The zero-order valence-corrected chi connectivity index (χ0v) is 14.0. The standard InChI is InChI=1S/C19H20FN5/c1-14-12-18(22-11-8-16-4-2-3-5-17(16)20)25-19(24-14)23-13-15-6-9-21-10-7-15/h2-7,9-10,12H,8,11,13H2,1H3,(H2,22,23,24,25). The minimum Gasteiger partial charge on any atom is -0.370 e. The highest BCUT2D eigenvalue weighted by Crippen LogP contribution is 2.12. The van der Waals surface area contributed by atoms with Crippen LogP contribution < -0.4 is 10.6 Å². The van der Waals surface area contributed by atoms with Gasteiger partial charge in [-0.05, 0) is 42.7 Å².